The Bertz CT molecular complexity index is 576. The monoisotopic (exact) mass is 244 g/mol. The highest BCUT2D eigenvalue weighted by molar-refractivity contribution is 5.65. The average molecular weight is 244 g/mol. The fraction of sp³-hybridized carbons (Fsp3) is 0.400. The van der Waals surface area contributed by atoms with Crippen molar-refractivity contribution in [1.82, 2.24) is 9.78 Å². The second-order valence-corrected chi connectivity index (χ2v) is 5.19. The molecule has 0 bridgehead atoms. The number of aromatic amines is 1. The van der Waals surface area contributed by atoms with Gasteiger partial charge in [-0.25, -0.2) is 4.68 Å². The van der Waals surface area contributed by atoms with E-state index in [1.807, 2.05) is 44.2 Å². The molecule has 1 N–H and O–H groups in total. The van der Waals surface area contributed by atoms with E-state index in [2.05, 4.69) is 18.9 Å². The van der Waals surface area contributed by atoms with Gasteiger partial charge in [0, 0.05) is 11.7 Å². The molecule has 3 nitrogen and oxygen atoms in total. The fourth-order valence-electron chi connectivity index (χ4n) is 2.14. The van der Waals surface area contributed by atoms with E-state index in [4.69, 9.17) is 0 Å². The molecule has 0 radical (unpaired) electrons. The number of hydrogen-bond donors (Lipinski definition) is 1. The summed E-state index contributed by atoms with van der Waals surface area (Å²) in [6, 6.07) is 10.0. The molecular formula is C15H20N2O. The summed E-state index contributed by atoms with van der Waals surface area (Å²) in [6.45, 7) is 8.22. The smallest absolute Gasteiger partial charge is 0.274 e. The number of rotatable bonds is 3. The summed E-state index contributed by atoms with van der Waals surface area (Å²) in [4.78, 5) is 12.5. The van der Waals surface area contributed by atoms with Crippen LogP contribution in [0.1, 0.15) is 45.3 Å². The fourth-order valence-corrected chi connectivity index (χ4v) is 2.14. The molecule has 0 spiro atoms. The molecule has 0 saturated heterocycles. The first-order chi connectivity index (χ1) is 8.52. The third-order valence-electron chi connectivity index (χ3n) is 3.10. The average Bonchev–Trinajstić information content (AvgIpc) is 2.68. The van der Waals surface area contributed by atoms with Crippen LogP contribution in [0.3, 0.4) is 0 Å². The summed E-state index contributed by atoms with van der Waals surface area (Å²) < 4.78 is 1.71. The summed E-state index contributed by atoms with van der Waals surface area (Å²) in [5, 5.41) is 3.25. The van der Waals surface area contributed by atoms with Crippen LogP contribution in [0.4, 0.5) is 0 Å². The van der Waals surface area contributed by atoms with Crippen LogP contribution in [-0.4, -0.2) is 9.78 Å². The maximum Gasteiger partial charge on any atom is 0.274 e. The molecule has 0 aliphatic heterocycles. The highest BCUT2D eigenvalue weighted by Gasteiger charge is 2.18. The van der Waals surface area contributed by atoms with Crippen LogP contribution in [0.2, 0.25) is 0 Å². The number of nitrogens with zero attached hydrogens (tertiary/aromatic N) is 1. The predicted molar refractivity (Wildman–Crippen MR) is 75.0 cm³/mol. The summed E-state index contributed by atoms with van der Waals surface area (Å²) in [5.74, 6) is 0.299. The van der Waals surface area contributed by atoms with E-state index < -0.39 is 0 Å². The van der Waals surface area contributed by atoms with Gasteiger partial charge in [-0.05, 0) is 25.3 Å². The van der Waals surface area contributed by atoms with Crippen molar-refractivity contribution in [2.45, 2.75) is 39.7 Å². The van der Waals surface area contributed by atoms with E-state index in [1.54, 1.807) is 4.68 Å². The Morgan fingerprint density at radius 3 is 2.17 bits per heavy atom. The quantitative estimate of drug-likeness (QED) is 0.881. The van der Waals surface area contributed by atoms with Crippen LogP contribution < -0.4 is 5.56 Å². The third kappa shape index (κ3) is 2.13. The summed E-state index contributed by atoms with van der Waals surface area (Å²) >= 11 is 0. The van der Waals surface area contributed by atoms with E-state index in [1.165, 1.54) is 0 Å². The Morgan fingerprint density at radius 1 is 1.06 bits per heavy atom. The van der Waals surface area contributed by atoms with Crippen LogP contribution in [0.25, 0.3) is 11.1 Å². The van der Waals surface area contributed by atoms with Gasteiger partial charge in [0.1, 0.15) is 0 Å². The lowest BCUT2D eigenvalue weighted by molar-refractivity contribution is 0.509. The van der Waals surface area contributed by atoms with Crippen LogP contribution in [0.15, 0.2) is 35.1 Å². The van der Waals surface area contributed by atoms with Crippen molar-refractivity contribution in [1.29, 1.82) is 0 Å². The molecule has 1 aromatic heterocycles. The maximum atomic E-state index is 12.5. The molecule has 0 fully saturated rings. The Labute approximate surface area is 107 Å². The third-order valence-corrected chi connectivity index (χ3v) is 3.10. The molecule has 1 heterocycles. The van der Waals surface area contributed by atoms with E-state index in [0.29, 0.717) is 5.92 Å². The molecule has 3 heteroatoms. The first kappa shape index (κ1) is 12.7. The predicted octanol–water partition coefficient (Wildman–Crippen LogP) is 3.55. The molecule has 0 aliphatic carbocycles. The van der Waals surface area contributed by atoms with Crippen molar-refractivity contribution < 1.29 is 0 Å². The minimum absolute atomic E-state index is 0.0694. The highest BCUT2D eigenvalue weighted by atomic mass is 16.1. The lowest BCUT2D eigenvalue weighted by Gasteiger charge is -2.06. The zero-order chi connectivity index (χ0) is 13.3. The Morgan fingerprint density at radius 2 is 1.67 bits per heavy atom. The molecule has 0 aliphatic rings. The van der Waals surface area contributed by atoms with Gasteiger partial charge in [0.25, 0.3) is 5.56 Å². The summed E-state index contributed by atoms with van der Waals surface area (Å²) in [7, 11) is 0. The summed E-state index contributed by atoms with van der Waals surface area (Å²) in [6.07, 6.45) is 0. The maximum absolute atomic E-state index is 12.5. The summed E-state index contributed by atoms with van der Waals surface area (Å²) in [5.41, 5.74) is 2.88. The number of H-pyrrole nitrogens is 1. The molecule has 0 atom stereocenters. The van der Waals surface area contributed by atoms with E-state index >= 15 is 0 Å². The first-order valence-corrected chi connectivity index (χ1v) is 6.42. The largest absolute Gasteiger partial charge is 0.299 e. The van der Waals surface area contributed by atoms with E-state index in [-0.39, 0.29) is 11.6 Å². The van der Waals surface area contributed by atoms with Gasteiger partial charge in [-0.1, -0.05) is 44.2 Å². The molecule has 0 amide bonds. The van der Waals surface area contributed by atoms with Crippen molar-refractivity contribution in [3.8, 4) is 11.1 Å². The van der Waals surface area contributed by atoms with Gasteiger partial charge >= 0.3 is 0 Å². The standard InChI is InChI=1S/C15H20N2O/c1-10(2)14-13(12-8-6-5-7-9-12)15(18)17(16-14)11(3)4/h5-11,16H,1-4H3. The van der Waals surface area contributed by atoms with Crippen molar-refractivity contribution in [3.05, 3.63) is 46.4 Å². The van der Waals surface area contributed by atoms with E-state index in [9.17, 15) is 4.79 Å². The van der Waals surface area contributed by atoms with Crippen molar-refractivity contribution in [2.24, 2.45) is 0 Å². The Hall–Kier alpha value is -1.77. The van der Waals surface area contributed by atoms with Crippen molar-refractivity contribution in [3.63, 3.8) is 0 Å². The zero-order valence-electron chi connectivity index (χ0n) is 11.4. The van der Waals surface area contributed by atoms with Crippen LogP contribution in [0, 0.1) is 0 Å². The number of benzene rings is 1. The van der Waals surface area contributed by atoms with Crippen molar-refractivity contribution in [2.75, 3.05) is 0 Å². The minimum Gasteiger partial charge on any atom is -0.299 e. The van der Waals surface area contributed by atoms with Gasteiger partial charge in [0.2, 0.25) is 0 Å². The second kappa shape index (κ2) is 4.84. The molecule has 0 saturated carbocycles. The van der Waals surface area contributed by atoms with Crippen LogP contribution in [0.5, 0.6) is 0 Å². The number of hydrogen-bond acceptors (Lipinski definition) is 1. The topological polar surface area (TPSA) is 37.8 Å². The van der Waals surface area contributed by atoms with Crippen LogP contribution in [-0.2, 0) is 0 Å². The van der Waals surface area contributed by atoms with Gasteiger partial charge in [-0.2, -0.15) is 0 Å². The van der Waals surface area contributed by atoms with Gasteiger partial charge in [-0.15, -0.1) is 0 Å². The normalized spacial score (nSPS) is 11.4. The lowest BCUT2D eigenvalue weighted by Crippen LogP contribution is -2.19. The molecule has 1 aromatic carbocycles. The van der Waals surface area contributed by atoms with Gasteiger partial charge < -0.3 is 0 Å². The van der Waals surface area contributed by atoms with Gasteiger partial charge in [0.15, 0.2) is 0 Å². The number of nitrogens with one attached hydrogen (secondary N) is 1. The van der Waals surface area contributed by atoms with E-state index in [0.717, 1.165) is 16.8 Å². The minimum atomic E-state index is 0.0694. The number of aromatic nitrogens is 2. The Balaban J connectivity index is 2.69. The molecule has 18 heavy (non-hydrogen) atoms. The molecular weight excluding hydrogens is 224 g/mol. The molecule has 0 unspecified atom stereocenters. The Kier molecular flexibility index (Phi) is 3.41. The van der Waals surface area contributed by atoms with Gasteiger partial charge in [-0.3, -0.25) is 9.89 Å². The molecule has 2 rings (SSSR count). The van der Waals surface area contributed by atoms with Crippen molar-refractivity contribution >= 4 is 0 Å². The second-order valence-electron chi connectivity index (χ2n) is 5.19. The molecule has 2 aromatic rings. The van der Waals surface area contributed by atoms with Crippen LogP contribution >= 0.6 is 0 Å². The lowest BCUT2D eigenvalue weighted by atomic mass is 10.00. The highest BCUT2D eigenvalue weighted by Crippen LogP contribution is 2.25. The molecule has 96 valence electrons. The SMILES string of the molecule is CC(C)c1[nH]n(C(C)C)c(=O)c1-c1ccccc1. The first-order valence-electron chi connectivity index (χ1n) is 6.42. The zero-order valence-corrected chi connectivity index (χ0v) is 11.4. The van der Waals surface area contributed by atoms with Gasteiger partial charge in [0.05, 0.1) is 5.56 Å².